The van der Waals surface area contributed by atoms with Crippen LogP contribution in [0.5, 0.6) is 5.75 Å². The normalized spacial score (nSPS) is 12.6. The molecule has 0 radical (unpaired) electrons. The van der Waals surface area contributed by atoms with Gasteiger partial charge in [-0.2, -0.15) is 0 Å². The predicted octanol–water partition coefficient (Wildman–Crippen LogP) is 2.55. The van der Waals surface area contributed by atoms with Crippen molar-refractivity contribution in [1.29, 1.82) is 0 Å². The Labute approximate surface area is 113 Å². The van der Waals surface area contributed by atoms with Gasteiger partial charge in [-0.05, 0) is 26.0 Å². The molecule has 5 heteroatoms. The summed E-state index contributed by atoms with van der Waals surface area (Å²) in [5.41, 5.74) is 0.847. The minimum Gasteiger partial charge on any atom is -0.495 e. The summed E-state index contributed by atoms with van der Waals surface area (Å²) in [4.78, 5) is 0. The molecule has 0 bridgehead atoms. The Morgan fingerprint density at radius 1 is 1.39 bits per heavy atom. The number of halogens is 1. The van der Waals surface area contributed by atoms with Gasteiger partial charge in [0.15, 0.2) is 0 Å². The summed E-state index contributed by atoms with van der Waals surface area (Å²) in [7, 11) is 1.57. The molecule has 4 nitrogen and oxygen atoms in total. The number of nitrogens with one attached hydrogen (secondary N) is 1. The Hall–Kier alpha value is -0.970. The molecular weight excluding hydrogens is 254 g/mol. The number of anilines is 1. The fourth-order valence-corrected chi connectivity index (χ4v) is 1.56. The van der Waals surface area contributed by atoms with E-state index < -0.39 is 6.10 Å². The maximum atomic E-state index is 9.70. The molecule has 0 aliphatic carbocycles. The average Bonchev–Trinajstić information content (AvgIpc) is 2.35. The lowest BCUT2D eigenvalue weighted by Crippen LogP contribution is -2.26. The van der Waals surface area contributed by atoms with E-state index in [0.717, 1.165) is 5.69 Å². The number of methoxy groups -OCH3 is 1. The monoisotopic (exact) mass is 273 g/mol. The summed E-state index contributed by atoms with van der Waals surface area (Å²) in [6, 6.07) is 5.37. The smallest absolute Gasteiger partial charge is 0.139 e. The van der Waals surface area contributed by atoms with Crippen LogP contribution in [0.15, 0.2) is 18.2 Å². The maximum Gasteiger partial charge on any atom is 0.139 e. The topological polar surface area (TPSA) is 50.7 Å². The fraction of sp³-hybridized carbons (Fsp3) is 0.538. The van der Waals surface area contributed by atoms with Crippen molar-refractivity contribution in [2.75, 3.05) is 25.6 Å². The average molecular weight is 274 g/mol. The van der Waals surface area contributed by atoms with Gasteiger partial charge in [-0.3, -0.25) is 0 Å². The fourth-order valence-electron chi connectivity index (χ4n) is 1.37. The van der Waals surface area contributed by atoms with Gasteiger partial charge in [-0.1, -0.05) is 11.6 Å². The van der Waals surface area contributed by atoms with E-state index in [1.165, 1.54) is 0 Å². The summed E-state index contributed by atoms with van der Waals surface area (Å²) in [5.74, 6) is 0.606. The van der Waals surface area contributed by atoms with E-state index in [9.17, 15) is 5.11 Å². The number of hydrogen-bond acceptors (Lipinski definition) is 4. The van der Waals surface area contributed by atoms with Crippen molar-refractivity contribution in [1.82, 2.24) is 0 Å². The highest BCUT2D eigenvalue weighted by atomic mass is 35.5. The van der Waals surface area contributed by atoms with Crippen LogP contribution in [-0.2, 0) is 4.74 Å². The number of hydrogen-bond donors (Lipinski definition) is 2. The molecule has 1 aromatic carbocycles. The zero-order chi connectivity index (χ0) is 13.5. The zero-order valence-corrected chi connectivity index (χ0v) is 11.7. The third kappa shape index (κ3) is 5.12. The van der Waals surface area contributed by atoms with Crippen LogP contribution in [0.25, 0.3) is 0 Å². The number of aliphatic hydroxyl groups excluding tert-OH is 1. The molecule has 0 saturated heterocycles. The third-order valence-electron chi connectivity index (χ3n) is 2.31. The molecule has 0 fully saturated rings. The van der Waals surface area contributed by atoms with Crippen LogP contribution in [0.4, 0.5) is 5.69 Å². The summed E-state index contributed by atoms with van der Waals surface area (Å²) in [6.45, 7) is 4.60. The summed E-state index contributed by atoms with van der Waals surface area (Å²) in [5, 5.41) is 13.4. The van der Waals surface area contributed by atoms with E-state index in [1.54, 1.807) is 19.2 Å². The lowest BCUT2D eigenvalue weighted by molar-refractivity contribution is 0.0112. The van der Waals surface area contributed by atoms with E-state index >= 15 is 0 Å². The Morgan fingerprint density at radius 2 is 2.11 bits per heavy atom. The van der Waals surface area contributed by atoms with Gasteiger partial charge in [0, 0.05) is 18.3 Å². The summed E-state index contributed by atoms with van der Waals surface area (Å²) >= 11 is 5.92. The molecule has 0 aromatic heterocycles. The molecule has 0 spiro atoms. The highest BCUT2D eigenvalue weighted by Crippen LogP contribution is 2.27. The molecule has 0 aliphatic rings. The van der Waals surface area contributed by atoms with Crippen LogP contribution in [0, 0.1) is 0 Å². The van der Waals surface area contributed by atoms with E-state index in [4.69, 9.17) is 21.1 Å². The number of ether oxygens (including phenoxy) is 2. The van der Waals surface area contributed by atoms with E-state index in [0.29, 0.717) is 23.9 Å². The van der Waals surface area contributed by atoms with Gasteiger partial charge in [0.1, 0.15) is 5.75 Å². The van der Waals surface area contributed by atoms with Gasteiger partial charge in [0.05, 0.1) is 30.9 Å². The molecular formula is C13H20ClNO3. The van der Waals surface area contributed by atoms with Crippen molar-refractivity contribution in [2.45, 2.75) is 26.1 Å². The van der Waals surface area contributed by atoms with Crippen molar-refractivity contribution in [2.24, 2.45) is 0 Å². The molecule has 0 saturated carbocycles. The zero-order valence-electron chi connectivity index (χ0n) is 10.9. The van der Waals surface area contributed by atoms with Gasteiger partial charge < -0.3 is 19.9 Å². The first-order valence-electron chi connectivity index (χ1n) is 5.90. The Kier molecular flexibility index (Phi) is 6.25. The van der Waals surface area contributed by atoms with E-state index in [-0.39, 0.29) is 6.10 Å². The van der Waals surface area contributed by atoms with E-state index in [2.05, 4.69) is 5.32 Å². The quantitative estimate of drug-likeness (QED) is 0.802. The molecule has 102 valence electrons. The molecule has 1 unspecified atom stereocenters. The maximum absolute atomic E-state index is 9.70. The highest BCUT2D eigenvalue weighted by Gasteiger charge is 2.07. The second-order valence-electron chi connectivity index (χ2n) is 4.27. The van der Waals surface area contributed by atoms with Gasteiger partial charge in [-0.15, -0.1) is 0 Å². The van der Waals surface area contributed by atoms with Gasteiger partial charge in [-0.25, -0.2) is 0 Å². The van der Waals surface area contributed by atoms with Gasteiger partial charge in [0.2, 0.25) is 0 Å². The lowest BCUT2D eigenvalue weighted by atomic mass is 10.3. The molecule has 2 N–H and O–H groups in total. The molecule has 0 aliphatic heterocycles. The van der Waals surface area contributed by atoms with Gasteiger partial charge in [0.25, 0.3) is 0 Å². The van der Waals surface area contributed by atoms with Crippen molar-refractivity contribution in [3.63, 3.8) is 0 Å². The van der Waals surface area contributed by atoms with Crippen molar-refractivity contribution >= 4 is 17.3 Å². The van der Waals surface area contributed by atoms with Gasteiger partial charge >= 0.3 is 0 Å². The first-order chi connectivity index (χ1) is 8.52. The van der Waals surface area contributed by atoms with Crippen molar-refractivity contribution < 1.29 is 14.6 Å². The van der Waals surface area contributed by atoms with Crippen LogP contribution >= 0.6 is 11.6 Å². The van der Waals surface area contributed by atoms with Crippen molar-refractivity contribution in [3.8, 4) is 5.75 Å². The molecule has 1 rings (SSSR count). The van der Waals surface area contributed by atoms with Crippen molar-refractivity contribution in [3.05, 3.63) is 23.2 Å². The standard InChI is InChI=1S/C13H20ClNO3/c1-9(2)18-8-11(16)7-15-10-4-5-12(14)13(6-10)17-3/h4-6,9,11,15-16H,7-8H2,1-3H3. The Balaban J connectivity index is 2.43. The Morgan fingerprint density at radius 3 is 2.72 bits per heavy atom. The largest absolute Gasteiger partial charge is 0.495 e. The van der Waals surface area contributed by atoms with Crippen LogP contribution < -0.4 is 10.1 Å². The minimum atomic E-state index is -0.547. The first-order valence-corrected chi connectivity index (χ1v) is 6.27. The molecule has 0 amide bonds. The second kappa shape index (κ2) is 7.46. The number of benzene rings is 1. The summed E-state index contributed by atoms with van der Waals surface area (Å²) < 4.78 is 10.4. The predicted molar refractivity (Wildman–Crippen MR) is 73.6 cm³/mol. The van der Waals surface area contributed by atoms with Crippen LogP contribution in [0.3, 0.4) is 0 Å². The van der Waals surface area contributed by atoms with Crippen LogP contribution in [0.1, 0.15) is 13.8 Å². The minimum absolute atomic E-state index is 0.121. The molecule has 1 atom stereocenters. The van der Waals surface area contributed by atoms with Crippen LogP contribution in [-0.4, -0.2) is 37.6 Å². The number of rotatable bonds is 7. The molecule has 0 heterocycles. The SMILES string of the molecule is COc1cc(NCC(O)COC(C)C)ccc1Cl. The third-order valence-corrected chi connectivity index (χ3v) is 2.63. The highest BCUT2D eigenvalue weighted by molar-refractivity contribution is 6.32. The molecule has 18 heavy (non-hydrogen) atoms. The summed E-state index contributed by atoms with van der Waals surface area (Å²) in [6.07, 6.45) is -0.427. The van der Waals surface area contributed by atoms with Crippen LogP contribution in [0.2, 0.25) is 5.02 Å². The first kappa shape index (κ1) is 15.1. The Bertz CT molecular complexity index is 371. The molecule has 1 aromatic rings. The second-order valence-corrected chi connectivity index (χ2v) is 4.67. The van der Waals surface area contributed by atoms with E-state index in [1.807, 2.05) is 19.9 Å². The lowest BCUT2D eigenvalue weighted by Gasteiger charge is -2.15. The number of aliphatic hydroxyl groups is 1.